The van der Waals surface area contributed by atoms with E-state index < -0.39 is 12.0 Å². The van der Waals surface area contributed by atoms with Crippen molar-refractivity contribution in [2.45, 2.75) is 40.7 Å². The van der Waals surface area contributed by atoms with Crippen LogP contribution in [0.4, 0.5) is 5.69 Å². The van der Waals surface area contributed by atoms with Gasteiger partial charge in [0.1, 0.15) is 22.6 Å². The summed E-state index contributed by atoms with van der Waals surface area (Å²) in [5, 5.41) is 0.545. The van der Waals surface area contributed by atoms with Gasteiger partial charge in [-0.05, 0) is 68.8 Å². The Morgan fingerprint density at radius 1 is 1.16 bits per heavy atom. The first kappa shape index (κ1) is 28.4. The summed E-state index contributed by atoms with van der Waals surface area (Å²) in [7, 11) is 1.66. The topological polar surface area (TPSA) is 134 Å². The molecular formula is C29H31ClN4O4. The van der Waals surface area contributed by atoms with Crippen LogP contribution in [0.15, 0.2) is 56.7 Å². The lowest BCUT2D eigenvalue weighted by atomic mass is 9.99. The SMILES string of the molecule is CC.CN=Cc1cc(-c2oc3c(C(C)Oc4ccc(Cl)nc4C(N)=O)cc(C)cc3c(=O)c2C)ccc1N. The summed E-state index contributed by atoms with van der Waals surface area (Å²) in [6, 6.07) is 12.1. The molecule has 2 aromatic heterocycles. The second-order valence-electron chi connectivity index (χ2n) is 8.45. The lowest BCUT2D eigenvalue weighted by Gasteiger charge is -2.19. The van der Waals surface area contributed by atoms with Crippen LogP contribution in [0.2, 0.25) is 5.15 Å². The van der Waals surface area contributed by atoms with Crippen LogP contribution in [0.3, 0.4) is 0 Å². The molecule has 1 amide bonds. The molecule has 0 fully saturated rings. The number of aliphatic imine (C=N–C) groups is 1. The smallest absolute Gasteiger partial charge is 0.271 e. The zero-order chi connectivity index (χ0) is 28.1. The van der Waals surface area contributed by atoms with Gasteiger partial charge < -0.3 is 20.6 Å². The summed E-state index contributed by atoms with van der Waals surface area (Å²) >= 11 is 5.92. The third-order valence-corrected chi connectivity index (χ3v) is 6.02. The second-order valence-corrected chi connectivity index (χ2v) is 8.84. The van der Waals surface area contributed by atoms with Crippen LogP contribution < -0.4 is 21.6 Å². The molecule has 0 aliphatic rings. The normalized spacial score (nSPS) is 11.8. The first-order valence-corrected chi connectivity index (χ1v) is 12.5. The van der Waals surface area contributed by atoms with Crippen molar-refractivity contribution < 1.29 is 13.9 Å². The van der Waals surface area contributed by atoms with Crippen molar-refractivity contribution in [2.75, 3.05) is 12.8 Å². The number of anilines is 1. The highest BCUT2D eigenvalue weighted by Gasteiger charge is 2.22. The molecule has 9 heteroatoms. The first-order valence-electron chi connectivity index (χ1n) is 12.1. The summed E-state index contributed by atoms with van der Waals surface area (Å²) < 4.78 is 12.5. The van der Waals surface area contributed by atoms with Gasteiger partial charge in [0.05, 0.1) is 5.39 Å². The minimum Gasteiger partial charge on any atom is -0.483 e. The van der Waals surface area contributed by atoms with Crippen molar-refractivity contribution in [3.63, 3.8) is 0 Å². The Bertz CT molecular complexity index is 1590. The number of hydrogen-bond donors (Lipinski definition) is 2. The zero-order valence-electron chi connectivity index (χ0n) is 22.3. The van der Waals surface area contributed by atoms with Crippen LogP contribution in [0.1, 0.15) is 59.6 Å². The van der Waals surface area contributed by atoms with E-state index in [4.69, 9.17) is 32.2 Å². The third kappa shape index (κ3) is 5.70. The molecule has 38 heavy (non-hydrogen) atoms. The fraction of sp³-hybridized carbons (Fsp3) is 0.241. The van der Waals surface area contributed by atoms with Crippen molar-refractivity contribution >= 4 is 40.4 Å². The predicted octanol–water partition coefficient (Wildman–Crippen LogP) is 6.02. The number of nitrogen functional groups attached to an aromatic ring is 1. The highest BCUT2D eigenvalue weighted by atomic mass is 35.5. The molecule has 1 unspecified atom stereocenters. The molecule has 0 aliphatic carbocycles. The van der Waals surface area contributed by atoms with Crippen LogP contribution in [0, 0.1) is 13.8 Å². The summed E-state index contributed by atoms with van der Waals surface area (Å²) in [5.74, 6) is -0.180. The molecule has 4 aromatic rings. The number of carbonyl (C=O) groups is 1. The largest absolute Gasteiger partial charge is 0.483 e. The summed E-state index contributed by atoms with van der Waals surface area (Å²) in [6.45, 7) is 9.39. The van der Waals surface area contributed by atoms with Crippen molar-refractivity contribution in [1.29, 1.82) is 0 Å². The van der Waals surface area contributed by atoms with E-state index in [1.807, 2.05) is 32.9 Å². The Morgan fingerprint density at radius 3 is 2.53 bits per heavy atom. The minimum atomic E-state index is -0.770. The molecule has 2 heterocycles. The lowest BCUT2D eigenvalue weighted by Crippen LogP contribution is -2.17. The van der Waals surface area contributed by atoms with Crippen molar-refractivity contribution in [2.24, 2.45) is 10.7 Å². The molecular weight excluding hydrogens is 504 g/mol. The van der Waals surface area contributed by atoms with E-state index in [2.05, 4.69) is 9.98 Å². The quantitative estimate of drug-likeness (QED) is 0.176. The number of pyridine rings is 1. The lowest BCUT2D eigenvalue weighted by molar-refractivity contribution is 0.0988. The molecule has 198 valence electrons. The van der Waals surface area contributed by atoms with Gasteiger partial charge in [0.25, 0.3) is 5.91 Å². The number of halogens is 1. The Morgan fingerprint density at radius 2 is 1.87 bits per heavy atom. The molecule has 4 N–H and O–H groups in total. The van der Waals surface area contributed by atoms with Gasteiger partial charge in [-0.2, -0.15) is 0 Å². The van der Waals surface area contributed by atoms with E-state index in [1.54, 1.807) is 45.3 Å². The molecule has 0 saturated carbocycles. The number of fused-ring (bicyclic) bond motifs is 1. The number of aromatic nitrogens is 1. The average Bonchev–Trinajstić information content (AvgIpc) is 2.89. The Kier molecular flexibility index (Phi) is 8.91. The molecule has 4 rings (SSSR count). The number of ether oxygens (including phenoxy) is 1. The fourth-order valence-electron chi connectivity index (χ4n) is 4.06. The van der Waals surface area contributed by atoms with E-state index >= 15 is 0 Å². The standard InChI is InChI=1S/C27H25ClN4O4.C2H6/c1-13-9-18(15(3)35-21-7-8-22(28)32-23(21)27(30)34)26-19(10-13)24(33)14(2)25(36-26)16-5-6-20(29)17(11-16)12-31-4;1-2/h5-12,15H,29H2,1-4H3,(H2,30,34);1-2H3. The third-order valence-electron chi connectivity index (χ3n) is 5.81. The summed E-state index contributed by atoms with van der Waals surface area (Å²) in [6.07, 6.45) is 1.02. The van der Waals surface area contributed by atoms with Gasteiger partial charge in [-0.1, -0.05) is 25.4 Å². The van der Waals surface area contributed by atoms with Crippen LogP contribution in [-0.2, 0) is 0 Å². The molecule has 0 saturated heterocycles. The minimum absolute atomic E-state index is 0.0868. The van der Waals surface area contributed by atoms with E-state index in [1.165, 1.54) is 12.1 Å². The van der Waals surface area contributed by atoms with Gasteiger partial charge in [-0.25, -0.2) is 4.98 Å². The van der Waals surface area contributed by atoms with Gasteiger partial charge in [-0.15, -0.1) is 0 Å². The van der Waals surface area contributed by atoms with Gasteiger partial charge in [-0.3, -0.25) is 14.6 Å². The number of aryl methyl sites for hydroxylation is 1. The molecule has 0 bridgehead atoms. The Hall–Kier alpha value is -4.17. The van der Waals surface area contributed by atoms with Crippen LogP contribution in [0.5, 0.6) is 5.75 Å². The summed E-state index contributed by atoms with van der Waals surface area (Å²) in [4.78, 5) is 33.3. The number of amides is 1. The highest BCUT2D eigenvalue weighted by molar-refractivity contribution is 6.29. The number of primary amides is 1. The molecule has 0 spiro atoms. The van der Waals surface area contributed by atoms with E-state index in [0.717, 1.165) is 5.56 Å². The van der Waals surface area contributed by atoms with Crippen LogP contribution >= 0.6 is 11.6 Å². The van der Waals surface area contributed by atoms with Crippen molar-refractivity contribution in [3.8, 4) is 17.1 Å². The fourth-order valence-corrected chi connectivity index (χ4v) is 4.21. The number of nitrogens with two attached hydrogens (primary N) is 2. The van der Waals surface area contributed by atoms with E-state index in [-0.39, 0.29) is 22.0 Å². The Balaban J connectivity index is 0.00000195. The highest BCUT2D eigenvalue weighted by Crippen LogP contribution is 2.34. The maximum absolute atomic E-state index is 13.4. The van der Waals surface area contributed by atoms with E-state index in [9.17, 15) is 9.59 Å². The first-order chi connectivity index (χ1) is 18.1. The summed E-state index contributed by atoms with van der Waals surface area (Å²) in [5.41, 5.74) is 15.6. The number of rotatable bonds is 6. The maximum atomic E-state index is 13.4. The van der Waals surface area contributed by atoms with Crippen molar-refractivity contribution in [3.05, 3.63) is 85.8 Å². The number of nitrogens with zero attached hydrogens (tertiary/aromatic N) is 2. The number of benzene rings is 2. The molecule has 8 nitrogen and oxygen atoms in total. The molecule has 1 atom stereocenters. The van der Waals surface area contributed by atoms with Gasteiger partial charge in [0.15, 0.2) is 16.9 Å². The molecule has 0 aliphatic heterocycles. The number of hydrogen-bond acceptors (Lipinski definition) is 7. The Labute approximate surface area is 226 Å². The van der Waals surface area contributed by atoms with E-state index in [0.29, 0.717) is 44.7 Å². The van der Waals surface area contributed by atoms with Gasteiger partial charge in [0, 0.05) is 41.2 Å². The second kappa shape index (κ2) is 11.9. The molecule has 2 aromatic carbocycles. The molecule has 0 radical (unpaired) electrons. The average molecular weight is 535 g/mol. The van der Waals surface area contributed by atoms with Crippen LogP contribution in [0.25, 0.3) is 22.3 Å². The van der Waals surface area contributed by atoms with Crippen LogP contribution in [-0.4, -0.2) is 24.2 Å². The number of carbonyl (C=O) groups excluding carboxylic acids is 1. The zero-order valence-corrected chi connectivity index (χ0v) is 23.0. The predicted molar refractivity (Wildman–Crippen MR) is 153 cm³/mol. The monoisotopic (exact) mass is 534 g/mol. The van der Waals surface area contributed by atoms with Gasteiger partial charge >= 0.3 is 0 Å². The van der Waals surface area contributed by atoms with Crippen molar-refractivity contribution in [1.82, 2.24) is 4.98 Å². The maximum Gasteiger partial charge on any atom is 0.271 e. The van der Waals surface area contributed by atoms with Gasteiger partial charge in [0.2, 0.25) is 0 Å².